The monoisotopic (exact) mass is 334 g/mol. The summed E-state index contributed by atoms with van der Waals surface area (Å²) in [5, 5.41) is 7.50. The van der Waals surface area contributed by atoms with Crippen molar-refractivity contribution in [2.45, 2.75) is 13.5 Å². The maximum Gasteiger partial charge on any atom is 0.258 e. The van der Waals surface area contributed by atoms with Crippen LogP contribution in [-0.2, 0) is 6.61 Å². The molecular formula is C18H14N4O3. The summed E-state index contributed by atoms with van der Waals surface area (Å²) in [6.45, 7) is 2.14. The molecule has 0 N–H and O–H groups in total. The summed E-state index contributed by atoms with van der Waals surface area (Å²) in [5.74, 6) is 1.11. The summed E-state index contributed by atoms with van der Waals surface area (Å²) in [5.41, 5.74) is 2.86. The lowest BCUT2D eigenvalue weighted by molar-refractivity contribution is 0.301. The summed E-state index contributed by atoms with van der Waals surface area (Å²) in [6.07, 6.45) is 3.05. The van der Waals surface area contributed by atoms with Crippen molar-refractivity contribution in [3.63, 3.8) is 0 Å². The van der Waals surface area contributed by atoms with Crippen molar-refractivity contribution >= 4 is 5.65 Å². The number of rotatable bonds is 4. The maximum absolute atomic E-state index is 12.2. The summed E-state index contributed by atoms with van der Waals surface area (Å²) < 4.78 is 12.4. The van der Waals surface area contributed by atoms with E-state index in [4.69, 9.17) is 9.15 Å². The second-order valence-electron chi connectivity index (χ2n) is 5.58. The van der Waals surface area contributed by atoms with Gasteiger partial charge in [0.25, 0.3) is 5.56 Å². The van der Waals surface area contributed by atoms with Crippen molar-refractivity contribution in [1.82, 2.24) is 19.6 Å². The molecule has 124 valence electrons. The highest BCUT2D eigenvalue weighted by Gasteiger charge is 2.06. The normalized spacial score (nSPS) is 10.9. The molecule has 0 aliphatic carbocycles. The van der Waals surface area contributed by atoms with Crippen LogP contribution in [0.5, 0.6) is 5.75 Å². The fourth-order valence-electron chi connectivity index (χ4n) is 2.48. The minimum Gasteiger partial charge on any atom is -0.487 e. The van der Waals surface area contributed by atoms with E-state index in [1.54, 1.807) is 18.3 Å². The Hall–Kier alpha value is -3.48. The first-order valence-corrected chi connectivity index (χ1v) is 7.67. The Morgan fingerprint density at radius 3 is 2.76 bits per heavy atom. The van der Waals surface area contributed by atoms with Crippen LogP contribution in [0, 0.1) is 6.92 Å². The number of nitrogens with zero attached hydrogens (tertiary/aromatic N) is 4. The molecule has 25 heavy (non-hydrogen) atoms. The van der Waals surface area contributed by atoms with Crippen LogP contribution in [0.25, 0.3) is 17.1 Å². The van der Waals surface area contributed by atoms with E-state index >= 15 is 0 Å². The molecule has 3 aromatic heterocycles. The van der Waals surface area contributed by atoms with E-state index in [0.717, 1.165) is 11.1 Å². The lowest BCUT2D eigenvalue weighted by atomic mass is 10.2. The minimum atomic E-state index is -0.126. The van der Waals surface area contributed by atoms with Gasteiger partial charge in [-0.1, -0.05) is 6.07 Å². The Balaban J connectivity index is 1.52. The standard InChI is InChI=1S/C18H14N4O3/c1-12-2-7-16-20-14(8-17(23)22(16)9-12)10-24-15-5-3-13(4-6-15)18-21-19-11-25-18/h2-9,11H,10H2,1H3. The van der Waals surface area contributed by atoms with Gasteiger partial charge in [-0.3, -0.25) is 9.20 Å². The number of aryl methyl sites for hydroxylation is 1. The van der Waals surface area contributed by atoms with Gasteiger partial charge < -0.3 is 9.15 Å². The van der Waals surface area contributed by atoms with E-state index in [1.807, 2.05) is 31.2 Å². The molecule has 0 saturated heterocycles. The minimum absolute atomic E-state index is 0.126. The predicted molar refractivity (Wildman–Crippen MR) is 90.3 cm³/mol. The molecule has 7 heteroatoms. The van der Waals surface area contributed by atoms with Crippen molar-refractivity contribution in [3.8, 4) is 17.2 Å². The van der Waals surface area contributed by atoms with Gasteiger partial charge in [0, 0.05) is 17.8 Å². The zero-order valence-corrected chi connectivity index (χ0v) is 13.4. The van der Waals surface area contributed by atoms with E-state index < -0.39 is 0 Å². The number of fused-ring (bicyclic) bond motifs is 1. The van der Waals surface area contributed by atoms with Crippen LogP contribution in [-0.4, -0.2) is 19.6 Å². The number of hydrogen-bond acceptors (Lipinski definition) is 6. The highest BCUT2D eigenvalue weighted by molar-refractivity contribution is 5.53. The largest absolute Gasteiger partial charge is 0.487 e. The quantitative estimate of drug-likeness (QED) is 0.570. The number of hydrogen-bond donors (Lipinski definition) is 0. The average Bonchev–Trinajstić information content (AvgIpc) is 3.16. The van der Waals surface area contributed by atoms with Gasteiger partial charge in [0.05, 0.1) is 5.69 Å². The van der Waals surface area contributed by atoms with Crippen LogP contribution in [0.15, 0.2) is 64.3 Å². The Labute approximate surface area is 142 Å². The number of pyridine rings is 1. The molecule has 0 fully saturated rings. The molecule has 4 rings (SSSR count). The Morgan fingerprint density at radius 2 is 2.00 bits per heavy atom. The number of ether oxygens (including phenoxy) is 1. The molecule has 1 aromatic carbocycles. The van der Waals surface area contributed by atoms with E-state index in [2.05, 4.69) is 15.2 Å². The topological polar surface area (TPSA) is 82.5 Å². The van der Waals surface area contributed by atoms with Crippen LogP contribution in [0.1, 0.15) is 11.3 Å². The van der Waals surface area contributed by atoms with Gasteiger partial charge in [-0.15, -0.1) is 10.2 Å². The van der Waals surface area contributed by atoms with Crippen LogP contribution in [0.4, 0.5) is 0 Å². The van der Waals surface area contributed by atoms with Gasteiger partial charge in [-0.05, 0) is 42.8 Å². The molecule has 0 spiro atoms. The predicted octanol–water partition coefficient (Wildman–Crippen LogP) is 2.63. The van der Waals surface area contributed by atoms with Crippen molar-refractivity contribution in [2.75, 3.05) is 0 Å². The van der Waals surface area contributed by atoms with Gasteiger partial charge in [0.15, 0.2) is 0 Å². The first kappa shape index (κ1) is 15.1. The van der Waals surface area contributed by atoms with Crippen molar-refractivity contribution in [3.05, 3.63) is 76.7 Å². The molecule has 0 bridgehead atoms. The number of aromatic nitrogens is 4. The van der Waals surface area contributed by atoms with E-state index in [0.29, 0.717) is 23.0 Å². The summed E-state index contributed by atoms with van der Waals surface area (Å²) in [6, 6.07) is 12.5. The van der Waals surface area contributed by atoms with Crippen LogP contribution < -0.4 is 10.3 Å². The summed E-state index contributed by atoms with van der Waals surface area (Å²) in [7, 11) is 0. The number of benzene rings is 1. The van der Waals surface area contributed by atoms with E-state index in [9.17, 15) is 4.79 Å². The second-order valence-corrected chi connectivity index (χ2v) is 5.58. The van der Waals surface area contributed by atoms with Crippen LogP contribution in [0.2, 0.25) is 0 Å². The highest BCUT2D eigenvalue weighted by Crippen LogP contribution is 2.20. The first-order valence-electron chi connectivity index (χ1n) is 7.67. The molecule has 0 radical (unpaired) electrons. The van der Waals surface area contributed by atoms with E-state index in [-0.39, 0.29) is 12.2 Å². The Kier molecular flexibility index (Phi) is 3.74. The highest BCUT2D eigenvalue weighted by atomic mass is 16.5. The van der Waals surface area contributed by atoms with Gasteiger partial charge in [-0.2, -0.15) is 0 Å². The van der Waals surface area contributed by atoms with Gasteiger partial charge in [0.1, 0.15) is 18.0 Å². The average molecular weight is 334 g/mol. The van der Waals surface area contributed by atoms with Gasteiger partial charge in [0.2, 0.25) is 12.3 Å². The third kappa shape index (κ3) is 3.12. The van der Waals surface area contributed by atoms with E-state index in [1.165, 1.54) is 16.9 Å². The molecule has 7 nitrogen and oxygen atoms in total. The molecule has 4 aromatic rings. The van der Waals surface area contributed by atoms with Crippen LogP contribution >= 0.6 is 0 Å². The molecule has 0 amide bonds. The maximum atomic E-state index is 12.2. The fourth-order valence-corrected chi connectivity index (χ4v) is 2.48. The Morgan fingerprint density at radius 1 is 1.16 bits per heavy atom. The van der Waals surface area contributed by atoms with Crippen LogP contribution in [0.3, 0.4) is 0 Å². The fraction of sp³-hybridized carbons (Fsp3) is 0.111. The molecule has 0 aliphatic rings. The molecule has 0 unspecified atom stereocenters. The zero-order chi connectivity index (χ0) is 17.2. The van der Waals surface area contributed by atoms with Gasteiger partial charge >= 0.3 is 0 Å². The SMILES string of the molecule is Cc1ccc2nc(COc3ccc(-c4nnco4)cc3)cc(=O)n2c1. The second kappa shape index (κ2) is 6.20. The van der Waals surface area contributed by atoms with Gasteiger partial charge in [-0.25, -0.2) is 4.98 Å². The van der Waals surface area contributed by atoms with Crippen molar-refractivity contribution in [2.24, 2.45) is 0 Å². The molecular weight excluding hydrogens is 320 g/mol. The first-order chi connectivity index (χ1) is 12.2. The Bertz CT molecular complexity index is 1070. The third-order valence-corrected chi connectivity index (χ3v) is 3.71. The summed E-state index contributed by atoms with van der Waals surface area (Å²) >= 11 is 0. The summed E-state index contributed by atoms with van der Waals surface area (Å²) in [4.78, 5) is 16.6. The molecule has 0 saturated carbocycles. The molecule has 3 heterocycles. The lowest BCUT2D eigenvalue weighted by Gasteiger charge is -2.07. The van der Waals surface area contributed by atoms with Crippen molar-refractivity contribution in [1.29, 1.82) is 0 Å². The zero-order valence-electron chi connectivity index (χ0n) is 13.4. The molecule has 0 atom stereocenters. The third-order valence-electron chi connectivity index (χ3n) is 3.71. The molecule has 0 aliphatic heterocycles. The lowest BCUT2D eigenvalue weighted by Crippen LogP contribution is -2.16. The van der Waals surface area contributed by atoms with Crippen molar-refractivity contribution < 1.29 is 9.15 Å². The smallest absolute Gasteiger partial charge is 0.258 e.